The fourth-order valence-electron chi connectivity index (χ4n) is 4.32. The molecule has 4 aromatic rings. The Kier molecular flexibility index (Phi) is 2.72. The molecule has 1 aliphatic heterocycles. The van der Waals surface area contributed by atoms with E-state index in [1.165, 1.54) is 49.9 Å². The Bertz CT molecular complexity index is 1240. The molecule has 2 aliphatic rings. The third-order valence-corrected chi connectivity index (χ3v) is 5.50. The Morgan fingerprint density at radius 1 is 0.846 bits per heavy atom. The summed E-state index contributed by atoms with van der Waals surface area (Å²) in [4.78, 5) is 10.5. The Labute approximate surface area is 151 Å². The minimum absolute atomic E-state index is 0.666. The highest BCUT2D eigenvalue weighted by atomic mass is 15.2. The molecule has 0 bridgehead atoms. The molecule has 0 unspecified atom stereocenters. The number of nitrogens with zero attached hydrogens (tertiary/aromatic N) is 2. The summed E-state index contributed by atoms with van der Waals surface area (Å²) >= 11 is 0. The first kappa shape index (κ1) is 13.9. The van der Waals surface area contributed by atoms with Crippen LogP contribution in [0.4, 0.5) is 5.69 Å². The number of aliphatic imine (C=N–C) groups is 1. The molecule has 1 aliphatic carbocycles. The maximum absolute atomic E-state index is 4.62. The minimum Gasteiger partial charge on any atom is -0.354 e. The number of hydrogen-bond acceptors (Lipinski definition) is 2. The largest absolute Gasteiger partial charge is 0.354 e. The third kappa shape index (κ3) is 1.85. The van der Waals surface area contributed by atoms with Crippen LogP contribution in [-0.2, 0) is 6.42 Å². The van der Waals surface area contributed by atoms with Gasteiger partial charge in [0.15, 0.2) is 0 Å². The zero-order chi connectivity index (χ0) is 17.1. The number of aromatic nitrogens is 1. The summed E-state index contributed by atoms with van der Waals surface area (Å²) < 4.78 is 0. The highest BCUT2D eigenvalue weighted by Gasteiger charge is 2.27. The van der Waals surface area contributed by atoms with Crippen molar-refractivity contribution in [2.75, 3.05) is 11.6 Å². The monoisotopic (exact) mass is 335 g/mol. The Morgan fingerprint density at radius 2 is 1.69 bits per heavy atom. The summed E-state index contributed by atoms with van der Waals surface area (Å²) in [5.74, 6) is 0. The number of aromatic amines is 1. The van der Waals surface area contributed by atoms with Gasteiger partial charge >= 0.3 is 0 Å². The number of hydrogen-bond donors (Lipinski definition) is 1. The highest BCUT2D eigenvalue weighted by molar-refractivity contribution is 6.09. The SMILES string of the molecule is C1=NCN(c2ccc3c(c2)[nH]c2ccccc23)C2=C1Cc1ccccc12. The van der Waals surface area contributed by atoms with Crippen molar-refractivity contribution < 1.29 is 0 Å². The van der Waals surface area contributed by atoms with Gasteiger partial charge in [-0.2, -0.15) is 0 Å². The van der Waals surface area contributed by atoms with Crippen molar-refractivity contribution in [1.29, 1.82) is 0 Å². The number of fused-ring (bicyclic) bond motifs is 5. The van der Waals surface area contributed by atoms with Crippen molar-refractivity contribution in [3.8, 4) is 0 Å². The normalized spacial score (nSPS) is 15.8. The standard InChI is InChI=1S/C23H17N3/c1-2-6-18-15(5-1)11-16-13-24-14-26(23(16)18)17-9-10-20-19-7-3-4-8-21(19)25-22(20)12-17/h1-10,12-13,25H,11,14H2. The molecule has 3 aromatic carbocycles. The molecule has 1 aromatic heterocycles. The predicted molar refractivity (Wildman–Crippen MR) is 109 cm³/mol. The Morgan fingerprint density at radius 3 is 2.69 bits per heavy atom. The van der Waals surface area contributed by atoms with Gasteiger partial charge < -0.3 is 9.88 Å². The van der Waals surface area contributed by atoms with Crippen molar-refractivity contribution in [1.82, 2.24) is 4.98 Å². The Balaban J connectivity index is 1.52. The van der Waals surface area contributed by atoms with E-state index in [-0.39, 0.29) is 0 Å². The molecule has 124 valence electrons. The van der Waals surface area contributed by atoms with E-state index in [1.807, 2.05) is 6.21 Å². The first-order valence-corrected chi connectivity index (χ1v) is 8.98. The lowest BCUT2D eigenvalue weighted by atomic mass is 10.1. The van der Waals surface area contributed by atoms with Gasteiger partial charge in [0.05, 0.1) is 5.70 Å². The summed E-state index contributed by atoms with van der Waals surface area (Å²) in [5, 5.41) is 2.54. The molecule has 0 saturated carbocycles. The van der Waals surface area contributed by atoms with Crippen LogP contribution in [0, 0.1) is 0 Å². The number of para-hydroxylation sites is 1. The van der Waals surface area contributed by atoms with E-state index in [1.54, 1.807) is 0 Å². The van der Waals surface area contributed by atoms with E-state index in [2.05, 4.69) is 81.6 Å². The molecule has 3 heteroatoms. The van der Waals surface area contributed by atoms with Crippen LogP contribution in [-0.4, -0.2) is 17.9 Å². The molecular weight excluding hydrogens is 318 g/mol. The number of nitrogens with one attached hydrogen (secondary N) is 1. The lowest BCUT2D eigenvalue weighted by Crippen LogP contribution is -2.25. The maximum atomic E-state index is 4.62. The Hall–Kier alpha value is -3.33. The molecule has 2 heterocycles. The van der Waals surface area contributed by atoms with Crippen LogP contribution in [0.25, 0.3) is 27.5 Å². The molecule has 0 saturated heterocycles. The summed E-state index contributed by atoms with van der Waals surface area (Å²) in [6.07, 6.45) is 3.02. The second-order valence-electron chi connectivity index (χ2n) is 6.99. The summed E-state index contributed by atoms with van der Waals surface area (Å²) in [5.41, 5.74) is 8.90. The first-order valence-electron chi connectivity index (χ1n) is 8.98. The van der Waals surface area contributed by atoms with E-state index in [0.29, 0.717) is 6.67 Å². The van der Waals surface area contributed by atoms with Gasteiger partial charge in [0.2, 0.25) is 0 Å². The molecule has 3 nitrogen and oxygen atoms in total. The van der Waals surface area contributed by atoms with Crippen molar-refractivity contribution in [3.05, 3.63) is 83.4 Å². The fraction of sp³-hybridized carbons (Fsp3) is 0.0870. The van der Waals surface area contributed by atoms with E-state index in [0.717, 1.165) is 6.42 Å². The summed E-state index contributed by atoms with van der Waals surface area (Å²) in [6, 6.07) is 23.9. The quantitative estimate of drug-likeness (QED) is 0.513. The summed E-state index contributed by atoms with van der Waals surface area (Å²) in [6.45, 7) is 0.666. The van der Waals surface area contributed by atoms with Crippen molar-refractivity contribution in [2.24, 2.45) is 4.99 Å². The molecule has 6 rings (SSSR count). The first-order chi connectivity index (χ1) is 12.9. The van der Waals surface area contributed by atoms with Crippen LogP contribution in [0.2, 0.25) is 0 Å². The fourth-order valence-corrected chi connectivity index (χ4v) is 4.32. The number of allylic oxidation sites excluding steroid dienone is 1. The smallest absolute Gasteiger partial charge is 0.114 e. The van der Waals surface area contributed by atoms with Gasteiger partial charge in [0.1, 0.15) is 6.67 Å². The number of benzene rings is 3. The average Bonchev–Trinajstić information content (AvgIpc) is 3.25. The number of H-pyrrole nitrogens is 1. The predicted octanol–water partition coefficient (Wildman–Crippen LogP) is 5.14. The molecule has 0 amide bonds. The second-order valence-corrected chi connectivity index (χ2v) is 6.99. The van der Waals surface area contributed by atoms with Gasteiger partial charge in [0, 0.05) is 45.7 Å². The van der Waals surface area contributed by atoms with Crippen LogP contribution in [0.1, 0.15) is 11.1 Å². The zero-order valence-electron chi connectivity index (χ0n) is 14.2. The van der Waals surface area contributed by atoms with Crippen LogP contribution in [0.15, 0.2) is 77.3 Å². The van der Waals surface area contributed by atoms with Crippen LogP contribution < -0.4 is 4.90 Å². The lowest BCUT2D eigenvalue weighted by molar-refractivity contribution is 0.980. The van der Waals surface area contributed by atoms with Gasteiger partial charge in [-0.05, 0) is 29.3 Å². The van der Waals surface area contributed by atoms with Gasteiger partial charge in [-0.25, -0.2) is 0 Å². The zero-order valence-corrected chi connectivity index (χ0v) is 14.2. The molecule has 26 heavy (non-hydrogen) atoms. The molecule has 1 N–H and O–H groups in total. The lowest BCUT2D eigenvalue weighted by Gasteiger charge is -2.28. The van der Waals surface area contributed by atoms with Gasteiger partial charge in [0.25, 0.3) is 0 Å². The van der Waals surface area contributed by atoms with Crippen molar-refractivity contribution in [3.63, 3.8) is 0 Å². The van der Waals surface area contributed by atoms with Gasteiger partial charge in [-0.1, -0.05) is 48.5 Å². The second kappa shape index (κ2) is 5.09. The molecular formula is C23H17N3. The average molecular weight is 335 g/mol. The molecule has 0 atom stereocenters. The third-order valence-electron chi connectivity index (χ3n) is 5.50. The minimum atomic E-state index is 0.666. The molecule has 0 fully saturated rings. The molecule has 0 spiro atoms. The summed E-state index contributed by atoms with van der Waals surface area (Å²) in [7, 11) is 0. The molecule has 0 radical (unpaired) electrons. The van der Waals surface area contributed by atoms with Gasteiger partial charge in [-0.3, -0.25) is 4.99 Å². The van der Waals surface area contributed by atoms with Crippen LogP contribution >= 0.6 is 0 Å². The van der Waals surface area contributed by atoms with Crippen molar-refractivity contribution >= 4 is 39.4 Å². The van der Waals surface area contributed by atoms with Gasteiger partial charge in [-0.15, -0.1) is 0 Å². The maximum Gasteiger partial charge on any atom is 0.114 e. The van der Waals surface area contributed by atoms with E-state index in [4.69, 9.17) is 0 Å². The van der Waals surface area contributed by atoms with E-state index >= 15 is 0 Å². The highest BCUT2D eigenvalue weighted by Crippen LogP contribution is 2.39. The van der Waals surface area contributed by atoms with Crippen LogP contribution in [0.5, 0.6) is 0 Å². The number of rotatable bonds is 1. The topological polar surface area (TPSA) is 31.4 Å². The van der Waals surface area contributed by atoms with E-state index in [9.17, 15) is 0 Å². The number of anilines is 1. The van der Waals surface area contributed by atoms with Crippen LogP contribution in [0.3, 0.4) is 0 Å². The van der Waals surface area contributed by atoms with Crippen molar-refractivity contribution in [2.45, 2.75) is 6.42 Å². The van der Waals surface area contributed by atoms with E-state index < -0.39 is 0 Å².